The van der Waals surface area contributed by atoms with E-state index in [9.17, 15) is 4.79 Å². The molecule has 0 atom stereocenters. The van der Waals surface area contributed by atoms with Gasteiger partial charge in [-0.05, 0) is 13.0 Å². The number of carbonyl (C=O) groups is 1. The second kappa shape index (κ2) is 4.05. The molecule has 0 unspecified atom stereocenters. The highest BCUT2D eigenvalue weighted by atomic mass is 32.2. The maximum absolute atomic E-state index is 11.6. The molecule has 0 N–H and O–H groups in total. The van der Waals surface area contributed by atoms with Gasteiger partial charge in [0.05, 0.1) is 12.4 Å². The molecule has 1 aromatic carbocycles. The first kappa shape index (κ1) is 9.59. The van der Waals surface area contributed by atoms with Crippen LogP contribution in [0.5, 0.6) is 5.75 Å². The predicted octanol–water partition coefficient (Wildman–Crippen LogP) is 2.51. The van der Waals surface area contributed by atoms with E-state index in [0.717, 1.165) is 22.6 Å². The second-order valence-corrected chi connectivity index (χ2v) is 4.12. The lowest BCUT2D eigenvalue weighted by Gasteiger charge is -2.17. The number of hydrogen-bond acceptors (Lipinski definition) is 3. The topological polar surface area (TPSA) is 26.3 Å². The molecule has 2 rings (SSSR count). The normalized spacial score (nSPS) is 15.1. The zero-order chi connectivity index (χ0) is 9.97. The zero-order valence-corrected chi connectivity index (χ0v) is 8.89. The van der Waals surface area contributed by atoms with Crippen molar-refractivity contribution in [1.82, 2.24) is 0 Å². The van der Waals surface area contributed by atoms with E-state index in [1.807, 2.05) is 25.1 Å². The third-order valence-corrected chi connectivity index (χ3v) is 3.17. The van der Waals surface area contributed by atoms with Crippen molar-refractivity contribution in [3.05, 3.63) is 29.3 Å². The fraction of sp³-hybridized carbons (Fsp3) is 0.364. The monoisotopic (exact) mass is 208 g/mol. The fourth-order valence-corrected chi connectivity index (χ4v) is 2.53. The molecule has 0 aromatic heterocycles. The molecule has 1 heterocycles. The molecule has 1 aliphatic heterocycles. The van der Waals surface area contributed by atoms with Gasteiger partial charge in [-0.15, -0.1) is 11.8 Å². The Kier molecular flexibility index (Phi) is 2.77. The highest BCUT2D eigenvalue weighted by Crippen LogP contribution is 2.31. The smallest absolute Gasteiger partial charge is 0.173 e. The fourth-order valence-electron chi connectivity index (χ4n) is 1.59. The maximum Gasteiger partial charge on any atom is 0.173 e. The molecule has 0 saturated heterocycles. The second-order valence-electron chi connectivity index (χ2n) is 3.13. The number of ether oxygens (including phenoxy) is 1. The average Bonchev–Trinajstić information content (AvgIpc) is 2.20. The molecule has 0 saturated carbocycles. The Bertz CT molecular complexity index is 360. The van der Waals surface area contributed by atoms with Gasteiger partial charge in [-0.1, -0.05) is 12.1 Å². The molecule has 1 aliphatic rings. The van der Waals surface area contributed by atoms with E-state index in [2.05, 4.69) is 0 Å². The minimum Gasteiger partial charge on any atom is -0.494 e. The van der Waals surface area contributed by atoms with Crippen LogP contribution in [0.2, 0.25) is 0 Å². The minimum atomic E-state index is 0.220. The first-order valence-electron chi connectivity index (χ1n) is 4.68. The zero-order valence-electron chi connectivity index (χ0n) is 8.08. The van der Waals surface area contributed by atoms with Crippen LogP contribution in [0.4, 0.5) is 0 Å². The van der Waals surface area contributed by atoms with Gasteiger partial charge in [0.1, 0.15) is 5.75 Å². The molecule has 0 fully saturated rings. The van der Waals surface area contributed by atoms with Crippen LogP contribution in [0, 0.1) is 0 Å². The molecule has 74 valence electrons. The van der Waals surface area contributed by atoms with Gasteiger partial charge < -0.3 is 4.74 Å². The number of thioether (sulfide) groups is 1. The summed E-state index contributed by atoms with van der Waals surface area (Å²) in [5.41, 5.74) is 1.91. The SMILES string of the molecule is CCOc1cccc2c1CSCC2=O. The summed E-state index contributed by atoms with van der Waals surface area (Å²) >= 11 is 1.66. The molecule has 0 amide bonds. The largest absolute Gasteiger partial charge is 0.494 e. The molecule has 2 nitrogen and oxygen atoms in total. The summed E-state index contributed by atoms with van der Waals surface area (Å²) in [6.07, 6.45) is 0. The van der Waals surface area contributed by atoms with E-state index < -0.39 is 0 Å². The number of Topliss-reactive ketones (excluding diaryl/α,β-unsaturated/α-hetero) is 1. The Morgan fingerprint density at radius 3 is 3.07 bits per heavy atom. The standard InChI is InChI=1S/C11H12O2S/c1-2-13-11-5-3-4-8-9(11)6-14-7-10(8)12/h3-5H,2,6-7H2,1H3. The van der Waals surface area contributed by atoms with E-state index in [0.29, 0.717) is 12.4 Å². The molecule has 0 spiro atoms. The molecule has 3 heteroatoms. The lowest BCUT2D eigenvalue weighted by Crippen LogP contribution is -2.13. The number of ketones is 1. The van der Waals surface area contributed by atoms with E-state index in [1.165, 1.54) is 0 Å². The Hall–Kier alpha value is -0.960. The predicted molar refractivity (Wildman–Crippen MR) is 58.1 cm³/mol. The summed E-state index contributed by atoms with van der Waals surface area (Å²) in [5.74, 6) is 2.57. The lowest BCUT2D eigenvalue weighted by atomic mass is 10.0. The Morgan fingerprint density at radius 2 is 2.29 bits per heavy atom. The highest BCUT2D eigenvalue weighted by Gasteiger charge is 2.20. The summed E-state index contributed by atoms with van der Waals surface area (Å²) in [5, 5.41) is 0. The summed E-state index contributed by atoms with van der Waals surface area (Å²) in [7, 11) is 0. The van der Waals surface area contributed by atoms with Crippen molar-refractivity contribution < 1.29 is 9.53 Å². The highest BCUT2D eigenvalue weighted by molar-refractivity contribution is 7.99. The van der Waals surface area contributed by atoms with Crippen molar-refractivity contribution in [1.29, 1.82) is 0 Å². The van der Waals surface area contributed by atoms with Gasteiger partial charge >= 0.3 is 0 Å². The Morgan fingerprint density at radius 1 is 1.43 bits per heavy atom. The van der Waals surface area contributed by atoms with Crippen LogP contribution in [0.3, 0.4) is 0 Å². The van der Waals surface area contributed by atoms with Gasteiger partial charge in [0, 0.05) is 16.9 Å². The van der Waals surface area contributed by atoms with E-state index in [-0.39, 0.29) is 5.78 Å². The Balaban J connectivity index is 2.44. The number of hydrogen-bond donors (Lipinski definition) is 0. The van der Waals surface area contributed by atoms with Crippen LogP contribution in [-0.4, -0.2) is 18.1 Å². The van der Waals surface area contributed by atoms with Crippen molar-refractivity contribution in [2.75, 3.05) is 12.4 Å². The number of rotatable bonds is 2. The summed E-state index contributed by atoms with van der Waals surface area (Å²) in [4.78, 5) is 11.6. The van der Waals surface area contributed by atoms with Gasteiger partial charge in [0.2, 0.25) is 0 Å². The summed E-state index contributed by atoms with van der Waals surface area (Å²) in [6, 6.07) is 5.71. The summed E-state index contributed by atoms with van der Waals surface area (Å²) in [6.45, 7) is 2.60. The number of benzene rings is 1. The van der Waals surface area contributed by atoms with Gasteiger partial charge in [0.25, 0.3) is 0 Å². The van der Waals surface area contributed by atoms with E-state index >= 15 is 0 Å². The summed E-state index contributed by atoms with van der Waals surface area (Å²) < 4.78 is 5.49. The number of fused-ring (bicyclic) bond motifs is 1. The number of carbonyl (C=O) groups excluding carboxylic acids is 1. The molecular formula is C11H12O2S. The van der Waals surface area contributed by atoms with Crippen LogP contribution in [-0.2, 0) is 5.75 Å². The minimum absolute atomic E-state index is 0.220. The van der Waals surface area contributed by atoms with E-state index in [1.54, 1.807) is 11.8 Å². The van der Waals surface area contributed by atoms with E-state index in [4.69, 9.17) is 4.74 Å². The van der Waals surface area contributed by atoms with Gasteiger partial charge in [0.15, 0.2) is 5.78 Å². The van der Waals surface area contributed by atoms with Crippen molar-refractivity contribution in [3.8, 4) is 5.75 Å². The van der Waals surface area contributed by atoms with Crippen LogP contribution in [0.15, 0.2) is 18.2 Å². The first-order chi connectivity index (χ1) is 6.83. The van der Waals surface area contributed by atoms with Crippen molar-refractivity contribution in [2.24, 2.45) is 0 Å². The third-order valence-electron chi connectivity index (χ3n) is 2.21. The van der Waals surface area contributed by atoms with Crippen LogP contribution in [0.25, 0.3) is 0 Å². The Labute approximate surface area is 87.6 Å². The van der Waals surface area contributed by atoms with Crippen LogP contribution < -0.4 is 4.74 Å². The van der Waals surface area contributed by atoms with Gasteiger partial charge in [-0.3, -0.25) is 4.79 Å². The molecule has 14 heavy (non-hydrogen) atoms. The maximum atomic E-state index is 11.6. The van der Waals surface area contributed by atoms with Gasteiger partial charge in [-0.25, -0.2) is 0 Å². The van der Waals surface area contributed by atoms with Crippen molar-refractivity contribution in [3.63, 3.8) is 0 Å². The van der Waals surface area contributed by atoms with Crippen LogP contribution >= 0.6 is 11.8 Å². The molecule has 1 aromatic rings. The quantitative estimate of drug-likeness (QED) is 0.747. The average molecular weight is 208 g/mol. The molecule has 0 bridgehead atoms. The lowest BCUT2D eigenvalue weighted by molar-refractivity contribution is 0.102. The van der Waals surface area contributed by atoms with Crippen LogP contribution in [0.1, 0.15) is 22.8 Å². The van der Waals surface area contributed by atoms with Crippen molar-refractivity contribution in [2.45, 2.75) is 12.7 Å². The molecule has 0 aliphatic carbocycles. The van der Waals surface area contributed by atoms with Crippen molar-refractivity contribution >= 4 is 17.5 Å². The third kappa shape index (κ3) is 1.64. The van der Waals surface area contributed by atoms with Gasteiger partial charge in [-0.2, -0.15) is 0 Å². The molecular weight excluding hydrogens is 196 g/mol. The first-order valence-corrected chi connectivity index (χ1v) is 5.84. The molecule has 0 radical (unpaired) electrons.